The van der Waals surface area contributed by atoms with Crippen LogP contribution in [0, 0.1) is 0 Å². The molecular weight excluding hydrogens is 338 g/mol. The second-order valence-corrected chi connectivity index (χ2v) is 7.77. The van der Waals surface area contributed by atoms with E-state index in [1.807, 2.05) is 6.07 Å². The number of hydrogen-bond donors (Lipinski definition) is 1. The zero-order chi connectivity index (χ0) is 17.7. The number of pyridine rings is 1. The Bertz CT molecular complexity index is 781. The van der Waals surface area contributed by atoms with Crippen LogP contribution in [-0.4, -0.2) is 33.6 Å². The lowest BCUT2D eigenvalue weighted by Crippen LogP contribution is -2.24. The molecular formula is C18H23N3O3S. The largest absolute Gasteiger partial charge is 0.497 e. The molecule has 0 atom stereocenters. The van der Waals surface area contributed by atoms with Gasteiger partial charge in [0.2, 0.25) is 0 Å². The Morgan fingerprint density at radius 3 is 2.24 bits per heavy atom. The Labute approximate surface area is 148 Å². The van der Waals surface area contributed by atoms with Gasteiger partial charge in [0.05, 0.1) is 23.9 Å². The quantitative estimate of drug-likeness (QED) is 0.885. The van der Waals surface area contributed by atoms with Crippen LogP contribution in [0.1, 0.15) is 25.7 Å². The molecule has 0 spiro atoms. The van der Waals surface area contributed by atoms with Gasteiger partial charge in [0.1, 0.15) is 11.6 Å². The van der Waals surface area contributed by atoms with E-state index in [1.165, 1.54) is 44.9 Å². The number of sulfonamides is 1. The molecule has 1 aliphatic heterocycles. The van der Waals surface area contributed by atoms with Crippen molar-refractivity contribution in [2.45, 2.75) is 30.6 Å². The highest BCUT2D eigenvalue weighted by atomic mass is 32.2. The second kappa shape index (κ2) is 7.74. The molecule has 1 aromatic heterocycles. The number of nitrogens with one attached hydrogen (secondary N) is 1. The van der Waals surface area contributed by atoms with Crippen molar-refractivity contribution < 1.29 is 13.2 Å². The van der Waals surface area contributed by atoms with E-state index in [-0.39, 0.29) is 4.90 Å². The number of aromatic nitrogens is 1. The molecule has 0 radical (unpaired) electrons. The third kappa shape index (κ3) is 4.42. The van der Waals surface area contributed by atoms with Gasteiger partial charge >= 0.3 is 0 Å². The lowest BCUT2D eigenvalue weighted by Gasteiger charge is -2.22. The molecule has 0 amide bonds. The summed E-state index contributed by atoms with van der Waals surface area (Å²) in [5.74, 6) is 0.924. The predicted molar refractivity (Wildman–Crippen MR) is 98.7 cm³/mol. The highest BCUT2D eigenvalue weighted by Crippen LogP contribution is 2.22. The first-order valence-corrected chi connectivity index (χ1v) is 9.95. The number of anilines is 2. The molecule has 1 aliphatic rings. The molecule has 0 bridgehead atoms. The molecule has 25 heavy (non-hydrogen) atoms. The van der Waals surface area contributed by atoms with E-state index >= 15 is 0 Å². The average Bonchev–Trinajstić information content (AvgIpc) is 2.91. The topological polar surface area (TPSA) is 71.5 Å². The molecule has 0 saturated carbocycles. The third-order valence-electron chi connectivity index (χ3n) is 4.33. The Hall–Kier alpha value is -2.28. The summed E-state index contributed by atoms with van der Waals surface area (Å²) in [6.07, 6.45) is 6.64. The Morgan fingerprint density at radius 2 is 1.68 bits per heavy atom. The minimum atomic E-state index is -3.66. The predicted octanol–water partition coefficient (Wildman–Crippen LogP) is 3.27. The van der Waals surface area contributed by atoms with Crippen molar-refractivity contribution in [3.8, 4) is 5.75 Å². The van der Waals surface area contributed by atoms with Crippen LogP contribution >= 0.6 is 0 Å². The molecule has 2 aromatic rings. The molecule has 3 rings (SSSR count). The lowest BCUT2D eigenvalue weighted by molar-refractivity contribution is 0.414. The van der Waals surface area contributed by atoms with Crippen LogP contribution in [0.4, 0.5) is 11.5 Å². The molecule has 7 heteroatoms. The van der Waals surface area contributed by atoms with Gasteiger partial charge in [-0.3, -0.25) is 4.72 Å². The minimum Gasteiger partial charge on any atom is -0.497 e. The van der Waals surface area contributed by atoms with Crippen LogP contribution in [0.25, 0.3) is 0 Å². The van der Waals surface area contributed by atoms with Gasteiger partial charge in [0.25, 0.3) is 10.0 Å². The molecule has 1 saturated heterocycles. The van der Waals surface area contributed by atoms with Crippen LogP contribution < -0.4 is 14.4 Å². The fraction of sp³-hybridized carbons (Fsp3) is 0.389. The highest BCUT2D eigenvalue weighted by Gasteiger charge is 2.16. The monoisotopic (exact) mass is 361 g/mol. The van der Waals surface area contributed by atoms with Crippen LogP contribution in [-0.2, 0) is 10.0 Å². The number of rotatable bonds is 5. The smallest absolute Gasteiger partial charge is 0.263 e. The van der Waals surface area contributed by atoms with Crippen molar-refractivity contribution in [2.75, 3.05) is 29.8 Å². The first-order valence-electron chi connectivity index (χ1n) is 8.46. The number of nitrogens with zero attached hydrogens (tertiary/aromatic N) is 2. The number of benzene rings is 1. The Morgan fingerprint density at radius 1 is 1.00 bits per heavy atom. The molecule has 2 heterocycles. The molecule has 1 N–H and O–H groups in total. The zero-order valence-corrected chi connectivity index (χ0v) is 15.1. The normalized spacial score (nSPS) is 15.5. The maximum absolute atomic E-state index is 12.4. The molecule has 6 nitrogen and oxygen atoms in total. The standard InChI is InChI=1S/C18H23N3O3S/c1-24-16-7-9-17(10-8-16)25(22,23)20-18-11-6-15(14-19-18)21-12-4-2-3-5-13-21/h6-11,14H,2-5,12-13H2,1H3,(H,19,20). The van der Waals surface area contributed by atoms with Crippen molar-refractivity contribution in [1.82, 2.24) is 4.98 Å². The van der Waals surface area contributed by atoms with Crippen LogP contribution in [0.3, 0.4) is 0 Å². The van der Waals surface area contributed by atoms with Gasteiger partial charge in [0.15, 0.2) is 0 Å². The van der Waals surface area contributed by atoms with Crippen LogP contribution in [0.5, 0.6) is 5.75 Å². The molecule has 1 fully saturated rings. The van der Waals surface area contributed by atoms with Crippen molar-refractivity contribution in [3.63, 3.8) is 0 Å². The fourth-order valence-corrected chi connectivity index (χ4v) is 3.92. The molecule has 0 aliphatic carbocycles. The summed E-state index contributed by atoms with van der Waals surface area (Å²) in [5.41, 5.74) is 1.04. The van der Waals surface area contributed by atoms with Gasteiger partial charge in [-0.25, -0.2) is 13.4 Å². The van der Waals surface area contributed by atoms with E-state index in [0.717, 1.165) is 18.8 Å². The molecule has 0 unspecified atom stereocenters. The summed E-state index contributed by atoms with van der Waals surface area (Å²) in [6, 6.07) is 9.87. The average molecular weight is 361 g/mol. The van der Waals surface area contributed by atoms with Gasteiger partial charge in [0, 0.05) is 13.1 Å². The van der Waals surface area contributed by atoms with E-state index in [4.69, 9.17) is 4.74 Å². The summed E-state index contributed by atoms with van der Waals surface area (Å²) < 4.78 is 32.4. The van der Waals surface area contributed by atoms with Gasteiger partial charge in [-0.2, -0.15) is 0 Å². The van der Waals surface area contributed by atoms with E-state index in [9.17, 15) is 8.42 Å². The van der Waals surface area contributed by atoms with Crippen molar-refractivity contribution in [2.24, 2.45) is 0 Å². The lowest BCUT2D eigenvalue weighted by atomic mass is 10.2. The summed E-state index contributed by atoms with van der Waals surface area (Å²) in [7, 11) is -2.12. The summed E-state index contributed by atoms with van der Waals surface area (Å²) in [5, 5.41) is 0. The van der Waals surface area contributed by atoms with Gasteiger partial charge in [-0.1, -0.05) is 12.8 Å². The maximum Gasteiger partial charge on any atom is 0.263 e. The third-order valence-corrected chi connectivity index (χ3v) is 5.70. The molecule has 1 aromatic carbocycles. The number of methoxy groups -OCH3 is 1. The number of ether oxygens (including phenoxy) is 1. The van der Waals surface area contributed by atoms with Crippen molar-refractivity contribution >= 4 is 21.5 Å². The number of hydrogen-bond acceptors (Lipinski definition) is 5. The van der Waals surface area contributed by atoms with E-state index in [0.29, 0.717) is 11.6 Å². The highest BCUT2D eigenvalue weighted by molar-refractivity contribution is 7.92. The zero-order valence-electron chi connectivity index (χ0n) is 14.3. The minimum absolute atomic E-state index is 0.173. The fourth-order valence-electron chi connectivity index (χ4n) is 2.91. The Kier molecular flexibility index (Phi) is 5.43. The molecule has 134 valence electrons. The maximum atomic E-state index is 12.4. The van der Waals surface area contributed by atoms with E-state index < -0.39 is 10.0 Å². The summed E-state index contributed by atoms with van der Waals surface area (Å²) in [6.45, 7) is 2.05. The van der Waals surface area contributed by atoms with Crippen molar-refractivity contribution in [1.29, 1.82) is 0 Å². The van der Waals surface area contributed by atoms with E-state index in [1.54, 1.807) is 24.4 Å². The van der Waals surface area contributed by atoms with Gasteiger partial charge < -0.3 is 9.64 Å². The van der Waals surface area contributed by atoms with Crippen LogP contribution in [0.2, 0.25) is 0 Å². The first-order chi connectivity index (χ1) is 12.1. The Balaban J connectivity index is 1.71. The van der Waals surface area contributed by atoms with Gasteiger partial charge in [-0.05, 0) is 49.2 Å². The van der Waals surface area contributed by atoms with E-state index in [2.05, 4.69) is 14.6 Å². The van der Waals surface area contributed by atoms with Crippen molar-refractivity contribution in [3.05, 3.63) is 42.6 Å². The second-order valence-electron chi connectivity index (χ2n) is 6.08. The van der Waals surface area contributed by atoms with Gasteiger partial charge in [-0.15, -0.1) is 0 Å². The van der Waals surface area contributed by atoms with Crippen LogP contribution in [0.15, 0.2) is 47.5 Å². The SMILES string of the molecule is COc1ccc(S(=O)(=O)Nc2ccc(N3CCCCCC3)cn2)cc1. The first kappa shape index (κ1) is 17.5. The summed E-state index contributed by atoms with van der Waals surface area (Å²) in [4.78, 5) is 6.75. The summed E-state index contributed by atoms with van der Waals surface area (Å²) >= 11 is 0.